The van der Waals surface area contributed by atoms with Gasteiger partial charge in [-0.05, 0) is 59.7 Å². The van der Waals surface area contributed by atoms with E-state index in [9.17, 15) is 39.0 Å². The number of carbonyl (C=O) groups excluding carboxylic acids is 4. The van der Waals surface area contributed by atoms with Crippen LogP contribution in [0.3, 0.4) is 0 Å². The third kappa shape index (κ3) is 9.39. The molecule has 4 aromatic rings. The summed E-state index contributed by atoms with van der Waals surface area (Å²) < 4.78 is 21.2. The number of hydrogen-bond donors (Lipinski definition) is 2. The van der Waals surface area contributed by atoms with Crippen molar-refractivity contribution in [3.05, 3.63) is 120 Å². The molecule has 280 valence electrons. The Balaban J connectivity index is 1.41. The molecule has 1 saturated carbocycles. The Morgan fingerprint density at radius 1 is 0.481 bits per heavy atom. The summed E-state index contributed by atoms with van der Waals surface area (Å²) in [5.41, 5.74) is 1.03. The number of amides is 2. The molecule has 14 nitrogen and oxygen atoms in total. The third-order valence-corrected chi connectivity index (χ3v) is 8.96. The van der Waals surface area contributed by atoms with Crippen LogP contribution < -0.4 is 9.47 Å². The van der Waals surface area contributed by atoms with E-state index >= 15 is 0 Å². The van der Waals surface area contributed by atoms with Gasteiger partial charge in [0.2, 0.25) is 11.8 Å². The van der Waals surface area contributed by atoms with Crippen LogP contribution in [0.15, 0.2) is 109 Å². The highest BCUT2D eigenvalue weighted by atomic mass is 16.5. The lowest BCUT2D eigenvalue weighted by molar-refractivity contribution is -0.188. The molecule has 4 atom stereocenters. The van der Waals surface area contributed by atoms with Gasteiger partial charge in [0.1, 0.15) is 36.1 Å². The molecule has 1 fully saturated rings. The van der Waals surface area contributed by atoms with E-state index in [4.69, 9.17) is 18.9 Å². The van der Waals surface area contributed by atoms with Crippen LogP contribution in [0.1, 0.15) is 11.1 Å². The van der Waals surface area contributed by atoms with Gasteiger partial charge in [-0.25, -0.2) is 0 Å². The minimum atomic E-state index is -1.82. The number of hydrogen-bond acceptors (Lipinski definition) is 10. The van der Waals surface area contributed by atoms with Gasteiger partial charge in [-0.2, -0.15) is 0 Å². The van der Waals surface area contributed by atoms with E-state index in [-0.39, 0.29) is 13.1 Å². The molecule has 1 aliphatic carbocycles. The van der Waals surface area contributed by atoms with E-state index in [1.54, 1.807) is 72.8 Å². The molecular weight excluding hydrogens is 700 g/mol. The van der Waals surface area contributed by atoms with E-state index in [0.717, 1.165) is 24.0 Å². The van der Waals surface area contributed by atoms with E-state index in [2.05, 4.69) is 0 Å². The quantitative estimate of drug-likeness (QED) is 0.152. The molecule has 0 radical (unpaired) electrons. The molecular formula is C40H38N2O12. The molecule has 4 aromatic carbocycles. The SMILES string of the molecule is COC(=O)CN(Cc1ccc(Oc2ccccc2)cc1)C(=O)C1C(C(=O)O)C(C(=O)O)C1C(=O)N(CC(=O)OC)Cc1ccc(Oc2ccccc2)cc1. The summed E-state index contributed by atoms with van der Waals surface area (Å²) >= 11 is 0. The first-order valence-corrected chi connectivity index (χ1v) is 16.8. The fourth-order valence-electron chi connectivity index (χ4n) is 6.28. The molecule has 0 heterocycles. The fraction of sp³-hybridized carbons (Fsp3) is 0.250. The minimum Gasteiger partial charge on any atom is -0.481 e. The second-order valence-corrected chi connectivity index (χ2v) is 12.4. The maximum atomic E-state index is 14.3. The Hall–Kier alpha value is -6.70. The number of carboxylic acid groups (broad SMARTS) is 2. The van der Waals surface area contributed by atoms with Crippen LogP contribution in [0, 0.1) is 23.7 Å². The Bertz CT molecular complexity index is 1810. The largest absolute Gasteiger partial charge is 0.481 e. The summed E-state index contributed by atoms with van der Waals surface area (Å²) in [6.07, 6.45) is 0. The zero-order valence-corrected chi connectivity index (χ0v) is 29.4. The average molecular weight is 739 g/mol. The Kier molecular flexibility index (Phi) is 12.6. The van der Waals surface area contributed by atoms with Crippen molar-refractivity contribution >= 4 is 35.7 Å². The first-order valence-electron chi connectivity index (χ1n) is 16.8. The highest BCUT2D eigenvalue weighted by molar-refractivity contribution is 6.00. The zero-order valence-electron chi connectivity index (χ0n) is 29.4. The first-order chi connectivity index (χ1) is 26.0. The van der Waals surface area contributed by atoms with E-state index in [1.807, 2.05) is 36.4 Å². The number of rotatable bonds is 16. The van der Waals surface area contributed by atoms with Crippen LogP contribution in [-0.2, 0) is 51.3 Å². The van der Waals surface area contributed by atoms with Crippen molar-refractivity contribution in [3.63, 3.8) is 0 Å². The average Bonchev–Trinajstić information content (AvgIpc) is 3.15. The predicted molar refractivity (Wildman–Crippen MR) is 190 cm³/mol. The molecule has 0 aliphatic heterocycles. The van der Waals surface area contributed by atoms with Crippen LogP contribution >= 0.6 is 0 Å². The van der Waals surface area contributed by atoms with Crippen molar-refractivity contribution in [1.29, 1.82) is 0 Å². The van der Waals surface area contributed by atoms with E-state index in [1.165, 1.54) is 0 Å². The number of nitrogens with zero attached hydrogens (tertiary/aromatic N) is 2. The van der Waals surface area contributed by atoms with E-state index in [0.29, 0.717) is 34.1 Å². The predicted octanol–water partition coefficient (Wildman–Crippen LogP) is 4.62. The van der Waals surface area contributed by atoms with Crippen molar-refractivity contribution in [1.82, 2.24) is 9.80 Å². The molecule has 4 unspecified atom stereocenters. The smallest absolute Gasteiger partial charge is 0.325 e. The molecule has 0 saturated heterocycles. The van der Waals surface area contributed by atoms with Gasteiger partial charge >= 0.3 is 23.9 Å². The molecule has 2 N–H and O–H groups in total. The summed E-state index contributed by atoms with van der Waals surface area (Å²) in [5.74, 6) is -11.7. The van der Waals surface area contributed by atoms with Crippen molar-refractivity contribution in [2.45, 2.75) is 13.1 Å². The third-order valence-electron chi connectivity index (χ3n) is 8.96. The normalized spacial score (nSPS) is 17.2. The Morgan fingerprint density at radius 2 is 0.796 bits per heavy atom. The number of carboxylic acids is 2. The molecule has 0 aromatic heterocycles. The molecule has 0 spiro atoms. The lowest BCUT2D eigenvalue weighted by Crippen LogP contribution is -2.64. The number of esters is 2. The van der Waals surface area contributed by atoms with Crippen molar-refractivity contribution in [2.24, 2.45) is 23.7 Å². The molecule has 14 heteroatoms. The second kappa shape index (κ2) is 17.7. The summed E-state index contributed by atoms with van der Waals surface area (Å²) in [5, 5.41) is 20.3. The summed E-state index contributed by atoms with van der Waals surface area (Å²) in [6, 6.07) is 31.2. The number of methoxy groups -OCH3 is 2. The topological polar surface area (TPSA) is 186 Å². The maximum absolute atomic E-state index is 14.3. The Labute approximate surface area is 310 Å². The number of carbonyl (C=O) groups is 6. The monoisotopic (exact) mass is 738 g/mol. The van der Waals surface area contributed by atoms with Gasteiger partial charge in [-0.1, -0.05) is 60.7 Å². The number of para-hydroxylation sites is 2. The van der Waals surface area contributed by atoms with Crippen LogP contribution in [0.5, 0.6) is 23.0 Å². The lowest BCUT2D eigenvalue weighted by Gasteiger charge is -2.48. The van der Waals surface area contributed by atoms with Gasteiger partial charge in [-0.3, -0.25) is 28.8 Å². The van der Waals surface area contributed by atoms with Gasteiger partial charge < -0.3 is 39.0 Å². The van der Waals surface area contributed by atoms with Crippen LogP contribution in [-0.4, -0.2) is 83.0 Å². The number of aliphatic carboxylic acids is 2. The molecule has 5 rings (SSSR count). The molecule has 1 aliphatic rings. The van der Waals surface area contributed by atoms with Gasteiger partial charge in [0, 0.05) is 13.1 Å². The highest BCUT2D eigenvalue weighted by Gasteiger charge is 2.65. The van der Waals surface area contributed by atoms with Crippen LogP contribution in [0.4, 0.5) is 0 Å². The second-order valence-electron chi connectivity index (χ2n) is 12.4. The van der Waals surface area contributed by atoms with Gasteiger partial charge in [0.25, 0.3) is 0 Å². The van der Waals surface area contributed by atoms with Gasteiger partial charge in [-0.15, -0.1) is 0 Å². The summed E-state index contributed by atoms with van der Waals surface area (Å²) in [4.78, 5) is 80.7. The standard InChI is InChI=1S/C40H38N2O12/c1-51-31(43)23-41(21-25-13-17-29(18-14-25)53-27-9-5-3-6-10-27)37(45)33-34(36(40(49)50)35(33)39(47)48)38(46)42(24-32(44)52-2)22-26-15-19-30(20-16-26)54-28-11-7-4-8-12-28/h3-20,33-36H,21-24H2,1-2H3,(H,47,48)(H,49,50). The number of ether oxygens (including phenoxy) is 4. The minimum absolute atomic E-state index is 0.218. The van der Waals surface area contributed by atoms with Gasteiger partial charge in [0.15, 0.2) is 0 Å². The Morgan fingerprint density at radius 3 is 1.09 bits per heavy atom. The van der Waals surface area contributed by atoms with Gasteiger partial charge in [0.05, 0.1) is 37.9 Å². The highest BCUT2D eigenvalue weighted by Crippen LogP contribution is 2.49. The van der Waals surface area contributed by atoms with Crippen LogP contribution in [0.25, 0.3) is 0 Å². The maximum Gasteiger partial charge on any atom is 0.325 e. The molecule has 2 amide bonds. The van der Waals surface area contributed by atoms with E-state index < -0.39 is 72.5 Å². The lowest BCUT2D eigenvalue weighted by atomic mass is 9.55. The zero-order chi connectivity index (χ0) is 38.8. The fourth-order valence-corrected chi connectivity index (χ4v) is 6.28. The molecule has 54 heavy (non-hydrogen) atoms. The first kappa shape index (κ1) is 38.5. The van der Waals surface area contributed by atoms with Crippen molar-refractivity contribution in [2.75, 3.05) is 27.3 Å². The molecule has 0 bridgehead atoms. The van der Waals surface area contributed by atoms with Crippen molar-refractivity contribution < 1.29 is 57.9 Å². The van der Waals surface area contributed by atoms with Crippen LogP contribution in [0.2, 0.25) is 0 Å². The number of benzene rings is 4. The summed E-state index contributed by atoms with van der Waals surface area (Å²) in [6.45, 7) is -1.68. The van der Waals surface area contributed by atoms with Crippen molar-refractivity contribution in [3.8, 4) is 23.0 Å². The summed E-state index contributed by atoms with van der Waals surface area (Å²) in [7, 11) is 2.23.